The van der Waals surface area contributed by atoms with Gasteiger partial charge in [0.1, 0.15) is 18.6 Å². The number of aromatic nitrogens is 3. The van der Waals surface area contributed by atoms with Gasteiger partial charge in [-0.05, 0) is 13.8 Å². The van der Waals surface area contributed by atoms with Crippen LogP contribution >= 0.6 is 0 Å². The van der Waals surface area contributed by atoms with E-state index in [-0.39, 0.29) is 11.9 Å². The van der Waals surface area contributed by atoms with Crippen LogP contribution in [-0.4, -0.2) is 20.9 Å². The Morgan fingerprint density at radius 3 is 2.54 bits per heavy atom. The standard InChI is InChI=1S/C7H10F3N3/c1-5(2)13-4-11-12-6(13)3-7(8,9)10/h4-5H,3H2,1-2H3. The molecule has 0 N–H and O–H groups in total. The van der Waals surface area contributed by atoms with Crippen molar-refractivity contribution in [1.29, 1.82) is 0 Å². The number of hydrogen-bond acceptors (Lipinski definition) is 2. The van der Waals surface area contributed by atoms with E-state index >= 15 is 0 Å². The van der Waals surface area contributed by atoms with Crippen molar-refractivity contribution in [3.05, 3.63) is 12.2 Å². The van der Waals surface area contributed by atoms with Gasteiger partial charge in [0.05, 0.1) is 0 Å². The Kier molecular flexibility index (Phi) is 2.58. The monoisotopic (exact) mass is 193 g/mol. The largest absolute Gasteiger partial charge is 0.396 e. The molecule has 0 unspecified atom stereocenters. The maximum absolute atomic E-state index is 12.0. The second-order valence-corrected chi connectivity index (χ2v) is 3.04. The van der Waals surface area contributed by atoms with Gasteiger partial charge in [-0.15, -0.1) is 10.2 Å². The average molecular weight is 193 g/mol. The molecule has 0 radical (unpaired) electrons. The molecule has 74 valence electrons. The average Bonchev–Trinajstić information content (AvgIpc) is 2.31. The van der Waals surface area contributed by atoms with Crippen molar-refractivity contribution in [3.8, 4) is 0 Å². The summed E-state index contributed by atoms with van der Waals surface area (Å²) in [5.41, 5.74) is 0. The predicted octanol–water partition coefficient (Wildman–Crippen LogP) is 1.96. The van der Waals surface area contributed by atoms with E-state index in [1.165, 1.54) is 10.9 Å². The molecule has 0 aliphatic carbocycles. The highest BCUT2D eigenvalue weighted by atomic mass is 19.4. The van der Waals surface area contributed by atoms with Gasteiger partial charge < -0.3 is 4.57 Å². The molecule has 0 aliphatic heterocycles. The number of hydrogen-bond donors (Lipinski definition) is 0. The van der Waals surface area contributed by atoms with Gasteiger partial charge >= 0.3 is 6.18 Å². The SMILES string of the molecule is CC(C)n1cnnc1CC(F)(F)F. The van der Waals surface area contributed by atoms with Crippen LogP contribution < -0.4 is 0 Å². The van der Waals surface area contributed by atoms with Crippen LogP contribution in [0.2, 0.25) is 0 Å². The van der Waals surface area contributed by atoms with Gasteiger partial charge in [0.15, 0.2) is 0 Å². The lowest BCUT2D eigenvalue weighted by Gasteiger charge is -2.11. The second-order valence-electron chi connectivity index (χ2n) is 3.04. The quantitative estimate of drug-likeness (QED) is 0.718. The van der Waals surface area contributed by atoms with Gasteiger partial charge in [0.25, 0.3) is 0 Å². The molecule has 6 heteroatoms. The van der Waals surface area contributed by atoms with Crippen LogP contribution in [0, 0.1) is 0 Å². The van der Waals surface area contributed by atoms with Gasteiger partial charge in [0, 0.05) is 6.04 Å². The molecule has 0 saturated carbocycles. The van der Waals surface area contributed by atoms with Crippen molar-refractivity contribution in [3.63, 3.8) is 0 Å². The van der Waals surface area contributed by atoms with Crippen molar-refractivity contribution < 1.29 is 13.2 Å². The number of rotatable bonds is 2. The first-order valence-corrected chi connectivity index (χ1v) is 3.85. The maximum atomic E-state index is 12.0. The smallest absolute Gasteiger partial charge is 0.315 e. The molecule has 0 fully saturated rings. The van der Waals surface area contributed by atoms with Gasteiger partial charge in [0.2, 0.25) is 0 Å². The van der Waals surface area contributed by atoms with E-state index in [0.29, 0.717) is 0 Å². The molecule has 3 nitrogen and oxygen atoms in total. The van der Waals surface area contributed by atoms with Gasteiger partial charge in [-0.3, -0.25) is 0 Å². The van der Waals surface area contributed by atoms with Gasteiger partial charge in [-0.25, -0.2) is 0 Å². The van der Waals surface area contributed by atoms with Gasteiger partial charge in [-0.2, -0.15) is 13.2 Å². The molecule has 1 aromatic heterocycles. The van der Waals surface area contributed by atoms with E-state index in [1.807, 2.05) is 0 Å². The normalized spacial score (nSPS) is 12.5. The van der Waals surface area contributed by atoms with E-state index in [2.05, 4.69) is 10.2 Å². The van der Waals surface area contributed by atoms with E-state index in [1.54, 1.807) is 13.8 Å². The molecule has 0 saturated heterocycles. The summed E-state index contributed by atoms with van der Waals surface area (Å²) in [6, 6.07) is -0.0487. The Morgan fingerprint density at radius 1 is 1.46 bits per heavy atom. The highest BCUT2D eigenvalue weighted by Crippen LogP contribution is 2.21. The molecule has 0 amide bonds. The molecule has 1 aromatic rings. The summed E-state index contributed by atoms with van der Waals surface area (Å²) in [6.45, 7) is 3.56. The van der Waals surface area contributed by atoms with Gasteiger partial charge in [-0.1, -0.05) is 0 Å². The molecule has 0 spiro atoms. The maximum Gasteiger partial charge on any atom is 0.396 e. The summed E-state index contributed by atoms with van der Waals surface area (Å²) in [6.07, 6.45) is -3.93. The Balaban J connectivity index is 2.83. The fraction of sp³-hybridized carbons (Fsp3) is 0.714. The summed E-state index contributed by atoms with van der Waals surface area (Å²) >= 11 is 0. The molecular weight excluding hydrogens is 183 g/mol. The second kappa shape index (κ2) is 3.35. The molecular formula is C7H10F3N3. The van der Waals surface area contributed by atoms with Crippen LogP contribution in [0.3, 0.4) is 0 Å². The Hall–Kier alpha value is -1.07. The minimum Gasteiger partial charge on any atom is -0.315 e. The predicted molar refractivity (Wildman–Crippen MR) is 40.2 cm³/mol. The topological polar surface area (TPSA) is 30.7 Å². The van der Waals surface area contributed by atoms with E-state index in [9.17, 15) is 13.2 Å². The Morgan fingerprint density at radius 2 is 2.08 bits per heavy atom. The third-order valence-electron chi connectivity index (χ3n) is 1.56. The van der Waals surface area contributed by atoms with E-state index in [4.69, 9.17) is 0 Å². The number of halogens is 3. The lowest BCUT2D eigenvalue weighted by atomic mass is 10.3. The molecule has 0 atom stereocenters. The lowest BCUT2D eigenvalue weighted by Crippen LogP contribution is -2.17. The molecule has 0 aliphatic rings. The van der Waals surface area contributed by atoms with Crippen LogP contribution in [0.1, 0.15) is 25.7 Å². The zero-order valence-corrected chi connectivity index (χ0v) is 7.34. The van der Waals surface area contributed by atoms with Crippen molar-refractivity contribution in [2.24, 2.45) is 0 Å². The highest BCUT2D eigenvalue weighted by molar-refractivity contribution is 4.90. The minimum absolute atomic E-state index is 0.0394. The van der Waals surface area contributed by atoms with Crippen LogP contribution in [-0.2, 0) is 6.42 Å². The summed E-state index contributed by atoms with van der Waals surface area (Å²) in [4.78, 5) is 0. The first-order chi connectivity index (χ1) is 5.90. The minimum atomic E-state index is -4.22. The van der Waals surface area contributed by atoms with E-state index in [0.717, 1.165) is 0 Å². The molecule has 1 rings (SSSR count). The van der Waals surface area contributed by atoms with Crippen LogP contribution in [0.15, 0.2) is 6.33 Å². The summed E-state index contributed by atoms with van der Waals surface area (Å²) in [5.74, 6) is -0.0394. The molecule has 13 heavy (non-hydrogen) atoms. The molecule has 1 heterocycles. The molecule has 0 aromatic carbocycles. The van der Waals surface area contributed by atoms with Crippen molar-refractivity contribution in [2.45, 2.75) is 32.5 Å². The zero-order chi connectivity index (χ0) is 10.1. The van der Waals surface area contributed by atoms with Crippen molar-refractivity contribution >= 4 is 0 Å². The fourth-order valence-corrected chi connectivity index (χ4v) is 1.00. The fourth-order valence-electron chi connectivity index (χ4n) is 1.00. The summed E-state index contributed by atoms with van der Waals surface area (Å²) < 4.78 is 37.4. The summed E-state index contributed by atoms with van der Waals surface area (Å²) in [7, 11) is 0. The zero-order valence-electron chi connectivity index (χ0n) is 7.34. The van der Waals surface area contributed by atoms with E-state index < -0.39 is 12.6 Å². The number of nitrogens with zero attached hydrogens (tertiary/aromatic N) is 3. The van der Waals surface area contributed by atoms with Crippen LogP contribution in [0.4, 0.5) is 13.2 Å². The third-order valence-corrected chi connectivity index (χ3v) is 1.56. The first-order valence-electron chi connectivity index (χ1n) is 3.85. The van der Waals surface area contributed by atoms with Crippen molar-refractivity contribution in [2.75, 3.05) is 0 Å². The highest BCUT2D eigenvalue weighted by Gasteiger charge is 2.30. The van der Waals surface area contributed by atoms with Crippen LogP contribution in [0.25, 0.3) is 0 Å². The molecule has 0 bridgehead atoms. The first kappa shape index (κ1) is 10.0. The number of alkyl halides is 3. The van der Waals surface area contributed by atoms with Crippen LogP contribution in [0.5, 0.6) is 0 Å². The Bertz CT molecular complexity index is 277. The summed E-state index contributed by atoms with van der Waals surface area (Å²) in [5, 5.41) is 6.86. The lowest BCUT2D eigenvalue weighted by molar-refractivity contribution is -0.129. The third kappa shape index (κ3) is 2.71. The Labute approximate surface area is 73.6 Å². The van der Waals surface area contributed by atoms with Crippen molar-refractivity contribution in [1.82, 2.24) is 14.8 Å².